The standard InChI is InChI=1S/C14H11Cl3FNO2S/c1-7-4-14(11(17)5-9(7)15)22(20,21)19-13-3-8(2)12(18)6-10(13)16/h3-6,19H,1-2H3. The van der Waals surface area contributed by atoms with Crippen LogP contribution in [0.15, 0.2) is 29.2 Å². The molecule has 0 amide bonds. The van der Waals surface area contributed by atoms with Crippen molar-refractivity contribution in [2.45, 2.75) is 18.7 Å². The average Bonchev–Trinajstić information content (AvgIpc) is 2.39. The minimum atomic E-state index is -3.98. The summed E-state index contributed by atoms with van der Waals surface area (Å²) in [7, 11) is -3.98. The molecule has 0 aliphatic rings. The first-order valence-electron chi connectivity index (χ1n) is 6.06. The van der Waals surface area contributed by atoms with Crippen LogP contribution in [0.5, 0.6) is 0 Å². The molecular weight excluding hydrogens is 372 g/mol. The topological polar surface area (TPSA) is 46.2 Å². The van der Waals surface area contributed by atoms with E-state index < -0.39 is 15.8 Å². The smallest absolute Gasteiger partial charge is 0.263 e. The third kappa shape index (κ3) is 3.49. The lowest BCUT2D eigenvalue weighted by molar-refractivity contribution is 0.601. The monoisotopic (exact) mass is 381 g/mol. The number of benzene rings is 2. The Morgan fingerprint density at radius 1 is 0.909 bits per heavy atom. The predicted octanol–water partition coefficient (Wildman–Crippen LogP) is 5.20. The maximum atomic E-state index is 13.4. The molecule has 1 N–H and O–H groups in total. The van der Waals surface area contributed by atoms with Gasteiger partial charge in [-0.2, -0.15) is 0 Å². The maximum Gasteiger partial charge on any atom is 0.263 e. The molecule has 0 spiro atoms. The third-order valence-electron chi connectivity index (χ3n) is 3.00. The van der Waals surface area contributed by atoms with E-state index in [1.54, 1.807) is 6.92 Å². The zero-order valence-electron chi connectivity index (χ0n) is 11.5. The van der Waals surface area contributed by atoms with Gasteiger partial charge in [-0.15, -0.1) is 0 Å². The summed E-state index contributed by atoms with van der Waals surface area (Å²) in [5.41, 5.74) is 0.901. The zero-order valence-corrected chi connectivity index (χ0v) is 14.6. The Hall–Kier alpha value is -1.01. The van der Waals surface area contributed by atoms with Crippen LogP contribution in [0.4, 0.5) is 10.1 Å². The number of anilines is 1. The van der Waals surface area contributed by atoms with Crippen molar-refractivity contribution in [3.63, 3.8) is 0 Å². The molecule has 3 nitrogen and oxygen atoms in total. The quantitative estimate of drug-likeness (QED) is 0.792. The molecule has 118 valence electrons. The van der Waals surface area contributed by atoms with E-state index in [1.165, 1.54) is 25.1 Å². The number of halogens is 4. The van der Waals surface area contributed by atoms with Gasteiger partial charge in [0, 0.05) is 5.02 Å². The molecule has 0 bridgehead atoms. The van der Waals surface area contributed by atoms with Crippen LogP contribution in [0.2, 0.25) is 15.1 Å². The molecule has 0 atom stereocenters. The Labute approximate surface area is 143 Å². The van der Waals surface area contributed by atoms with Crippen molar-refractivity contribution >= 4 is 50.5 Å². The summed E-state index contributed by atoms with van der Waals surface area (Å²) < 4.78 is 40.6. The van der Waals surface area contributed by atoms with Crippen molar-refractivity contribution < 1.29 is 12.8 Å². The van der Waals surface area contributed by atoms with Gasteiger partial charge in [0.2, 0.25) is 0 Å². The van der Waals surface area contributed by atoms with Crippen molar-refractivity contribution in [2.75, 3.05) is 4.72 Å². The van der Waals surface area contributed by atoms with E-state index in [9.17, 15) is 12.8 Å². The molecule has 0 aliphatic carbocycles. The van der Waals surface area contributed by atoms with E-state index in [1.807, 2.05) is 0 Å². The largest absolute Gasteiger partial charge is 0.278 e. The fourth-order valence-electron chi connectivity index (χ4n) is 1.77. The van der Waals surface area contributed by atoms with Crippen LogP contribution in [0.1, 0.15) is 11.1 Å². The Balaban J connectivity index is 2.49. The fraction of sp³-hybridized carbons (Fsp3) is 0.143. The lowest BCUT2D eigenvalue weighted by Crippen LogP contribution is -2.14. The van der Waals surface area contributed by atoms with E-state index in [2.05, 4.69) is 4.72 Å². The van der Waals surface area contributed by atoms with Gasteiger partial charge in [-0.1, -0.05) is 34.8 Å². The van der Waals surface area contributed by atoms with E-state index in [0.717, 1.165) is 6.07 Å². The molecule has 0 saturated carbocycles. The predicted molar refractivity (Wildman–Crippen MR) is 88.2 cm³/mol. The number of rotatable bonds is 3. The molecule has 2 aromatic rings. The highest BCUT2D eigenvalue weighted by atomic mass is 35.5. The van der Waals surface area contributed by atoms with E-state index in [-0.39, 0.29) is 26.2 Å². The number of hydrogen-bond donors (Lipinski definition) is 1. The molecule has 2 aromatic carbocycles. The van der Waals surface area contributed by atoms with Crippen LogP contribution >= 0.6 is 34.8 Å². The molecular formula is C14H11Cl3FNO2S. The van der Waals surface area contributed by atoms with Crippen molar-refractivity contribution in [3.8, 4) is 0 Å². The van der Waals surface area contributed by atoms with Crippen LogP contribution in [-0.2, 0) is 10.0 Å². The van der Waals surface area contributed by atoms with Crippen molar-refractivity contribution in [1.82, 2.24) is 0 Å². The summed E-state index contributed by atoms with van der Waals surface area (Å²) in [6.07, 6.45) is 0. The second-order valence-corrected chi connectivity index (χ2v) is 7.59. The first-order chi connectivity index (χ1) is 10.1. The highest BCUT2D eigenvalue weighted by molar-refractivity contribution is 7.92. The molecule has 22 heavy (non-hydrogen) atoms. The number of nitrogens with one attached hydrogen (secondary N) is 1. The van der Waals surface area contributed by atoms with Gasteiger partial charge in [-0.25, -0.2) is 12.8 Å². The molecule has 0 saturated heterocycles. The Morgan fingerprint density at radius 3 is 2.18 bits per heavy atom. The highest BCUT2D eigenvalue weighted by Gasteiger charge is 2.21. The first-order valence-corrected chi connectivity index (χ1v) is 8.67. The van der Waals surface area contributed by atoms with Gasteiger partial charge in [-0.3, -0.25) is 4.72 Å². The third-order valence-corrected chi connectivity index (χ3v) is 5.55. The fourth-order valence-corrected chi connectivity index (χ4v) is 3.93. The van der Waals surface area contributed by atoms with Crippen LogP contribution in [0, 0.1) is 19.7 Å². The summed E-state index contributed by atoms with van der Waals surface area (Å²) in [6, 6.07) is 5.07. The summed E-state index contributed by atoms with van der Waals surface area (Å²) in [6.45, 7) is 3.16. The lowest BCUT2D eigenvalue weighted by Gasteiger charge is -2.13. The van der Waals surface area contributed by atoms with Crippen molar-refractivity contribution in [2.24, 2.45) is 0 Å². The second-order valence-electron chi connectivity index (χ2n) is 4.72. The first kappa shape index (κ1) is 17.3. The van der Waals surface area contributed by atoms with Crippen molar-refractivity contribution in [1.29, 1.82) is 0 Å². The van der Waals surface area contributed by atoms with Gasteiger partial charge in [0.15, 0.2) is 0 Å². The summed E-state index contributed by atoms with van der Waals surface area (Å²) in [5.74, 6) is -0.520. The highest BCUT2D eigenvalue weighted by Crippen LogP contribution is 2.32. The van der Waals surface area contributed by atoms with Crippen LogP contribution < -0.4 is 4.72 Å². The minimum absolute atomic E-state index is 0.0157. The molecule has 0 fully saturated rings. The van der Waals surface area contributed by atoms with Crippen LogP contribution in [0.25, 0.3) is 0 Å². The van der Waals surface area contributed by atoms with Gasteiger partial charge in [-0.05, 0) is 49.2 Å². The SMILES string of the molecule is Cc1cc(NS(=O)(=O)c2cc(C)c(Cl)cc2Cl)c(Cl)cc1F. The molecule has 2 rings (SSSR count). The average molecular weight is 383 g/mol. The van der Waals surface area contributed by atoms with Crippen LogP contribution in [0.3, 0.4) is 0 Å². The Kier molecular flexibility index (Phi) is 4.92. The van der Waals surface area contributed by atoms with E-state index in [0.29, 0.717) is 10.6 Å². The van der Waals surface area contributed by atoms with Gasteiger partial charge >= 0.3 is 0 Å². The van der Waals surface area contributed by atoms with Crippen molar-refractivity contribution in [3.05, 3.63) is 56.3 Å². The lowest BCUT2D eigenvalue weighted by atomic mass is 10.2. The number of aryl methyl sites for hydroxylation is 2. The van der Waals surface area contributed by atoms with Crippen LogP contribution in [-0.4, -0.2) is 8.42 Å². The Bertz CT molecular complexity index is 854. The normalized spacial score (nSPS) is 11.5. The summed E-state index contributed by atoms with van der Waals surface area (Å²) >= 11 is 17.7. The second kappa shape index (κ2) is 6.24. The van der Waals surface area contributed by atoms with E-state index in [4.69, 9.17) is 34.8 Å². The zero-order chi connectivity index (χ0) is 16.7. The molecule has 0 aliphatic heterocycles. The van der Waals surface area contributed by atoms with Gasteiger partial charge < -0.3 is 0 Å². The van der Waals surface area contributed by atoms with Gasteiger partial charge in [0.25, 0.3) is 10.0 Å². The molecule has 0 radical (unpaired) electrons. The van der Waals surface area contributed by atoms with Gasteiger partial charge in [0.05, 0.1) is 15.7 Å². The number of hydrogen-bond acceptors (Lipinski definition) is 2. The summed E-state index contributed by atoms with van der Waals surface area (Å²) in [5, 5.41) is 0.297. The molecule has 8 heteroatoms. The Morgan fingerprint density at radius 2 is 1.55 bits per heavy atom. The summed E-state index contributed by atoms with van der Waals surface area (Å²) in [4.78, 5) is -0.130. The van der Waals surface area contributed by atoms with Gasteiger partial charge in [0.1, 0.15) is 10.7 Å². The minimum Gasteiger partial charge on any atom is -0.278 e. The number of sulfonamides is 1. The molecule has 0 heterocycles. The molecule has 0 aromatic heterocycles. The molecule has 0 unspecified atom stereocenters. The maximum absolute atomic E-state index is 13.4. The van der Waals surface area contributed by atoms with E-state index >= 15 is 0 Å².